The number of aromatic amines is 1. The number of aliphatic carboxylic acids is 1. The van der Waals surface area contributed by atoms with E-state index in [-0.39, 0.29) is 12.3 Å². The summed E-state index contributed by atoms with van der Waals surface area (Å²) >= 11 is 1.51. The third-order valence-corrected chi connectivity index (χ3v) is 3.44. The summed E-state index contributed by atoms with van der Waals surface area (Å²) in [6.07, 6.45) is 0. The molecule has 0 spiro atoms. The molecule has 2 rings (SSSR count). The summed E-state index contributed by atoms with van der Waals surface area (Å²) in [5, 5.41) is 19.8. The van der Waals surface area contributed by atoms with E-state index in [0.717, 1.165) is 4.88 Å². The molecule has 0 radical (unpaired) electrons. The van der Waals surface area contributed by atoms with Crippen molar-refractivity contribution >= 4 is 23.2 Å². The number of H-pyrrole nitrogens is 1. The van der Waals surface area contributed by atoms with E-state index in [1.54, 1.807) is 6.07 Å². The molecule has 0 aliphatic rings. The molecule has 0 aliphatic heterocycles. The Labute approximate surface area is 118 Å². The van der Waals surface area contributed by atoms with Crippen molar-refractivity contribution in [3.63, 3.8) is 0 Å². The minimum Gasteiger partial charge on any atom is -0.480 e. The second-order valence-electron chi connectivity index (χ2n) is 3.96. The van der Waals surface area contributed by atoms with E-state index < -0.39 is 17.9 Å². The average Bonchev–Trinajstić information content (AvgIpc) is 3.08. The molecule has 1 atom stereocenters. The van der Waals surface area contributed by atoms with Crippen LogP contribution < -0.4 is 5.32 Å². The number of carboxylic acid groups (broad SMARTS) is 1. The molecule has 106 valence electrons. The molecule has 2 aromatic heterocycles. The zero-order chi connectivity index (χ0) is 14.5. The Morgan fingerprint density at radius 1 is 1.60 bits per heavy atom. The number of carbonyl (C=O) groups excluding carboxylic acids is 1. The molecule has 2 aromatic rings. The Balaban J connectivity index is 2.08. The zero-order valence-corrected chi connectivity index (χ0v) is 11.4. The first-order valence-electron chi connectivity index (χ1n) is 5.73. The average molecular weight is 295 g/mol. The van der Waals surface area contributed by atoms with E-state index >= 15 is 0 Å². The number of hydrogen-bond donors (Lipinski definition) is 3. The molecule has 8 heteroatoms. The molecule has 0 saturated carbocycles. The number of aromatic nitrogens is 2. The van der Waals surface area contributed by atoms with Crippen molar-refractivity contribution in [3.05, 3.63) is 29.3 Å². The fourth-order valence-electron chi connectivity index (χ4n) is 1.57. The van der Waals surface area contributed by atoms with Gasteiger partial charge in [0, 0.05) is 7.11 Å². The van der Waals surface area contributed by atoms with Gasteiger partial charge in [-0.15, -0.1) is 11.3 Å². The third kappa shape index (κ3) is 3.22. The number of ether oxygens (including phenoxy) is 1. The number of carbonyl (C=O) groups is 2. The van der Waals surface area contributed by atoms with Crippen LogP contribution in [-0.4, -0.2) is 46.9 Å². The van der Waals surface area contributed by atoms with Crippen molar-refractivity contribution in [1.82, 2.24) is 15.5 Å². The summed E-state index contributed by atoms with van der Waals surface area (Å²) in [5.41, 5.74) is 0.847. The Hall–Kier alpha value is -2.19. The summed E-state index contributed by atoms with van der Waals surface area (Å²) in [6.45, 7) is -0.108. The van der Waals surface area contributed by atoms with Crippen molar-refractivity contribution in [1.29, 1.82) is 0 Å². The quantitative estimate of drug-likeness (QED) is 0.736. The molecule has 1 amide bonds. The van der Waals surface area contributed by atoms with Crippen LogP contribution in [0.1, 0.15) is 10.5 Å². The Morgan fingerprint density at radius 3 is 3.00 bits per heavy atom. The minimum absolute atomic E-state index is 0.108. The monoisotopic (exact) mass is 295 g/mol. The molecule has 7 nitrogen and oxygen atoms in total. The van der Waals surface area contributed by atoms with Crippen LogP contribution in [0.4, 0.5) is 0 Å². The van der Waals surface area contributed by atoms with Crippen LogP contribution in [0.25, 0.3) is 10.6 Å². The van der Waals surface area contributed by atoms with Crippen LogP contribution in [0.15, 0.2) is 23.6 Å². The standard InChI is InChI=1S/C12H13N3O4S/c1-19-6-9(12(17)18)13-11(16)8-5-7(14-15-8)10-3-2-4-20-10/h2-5,9H,6H2,1H3,(H,13,16)(H,14,15)(H,17,18). The maximum absolute atomic E-state index is 11.9. The highest BCUT2D eigenvalue weighted by Crippen LogP contribution is 2.22. The van der Waals surface area contributed by atoms with E-state index in [2.05, 4.69) is 15.5 Å². The summed E-state index contributed by atoms with van der Waals surface area (Å²) in [4.78, 5) is 23.8. The highest BCUT2D eigenvalue weighted by Gasteiger charge is 2.22. The van der Waals surface area contributed by atoms with E-state index in [4.69, 9.17) is 9.84 Å². The highest BCUT2D eigenvalue weighted by molar-refractivity contribution is 7.13. The second-order valence-corrected chi connectivity index (χ2v) is 4.91. The lowest BCUT2D eigenvalue weighted by atomic mass is 10.2. The maximum Gasteiger partial charge on any atom is 0.328 e. The van der Waals surface area contributed by atoms with Crippen LogP contribution >= 0.6 is 11.3 Å². The number of rotatable bonds is 6. The first-order valence-corrected chi connectivity index (χ1v) is 6.61. The largest absolute Gasteiger partial charge is 0.480 e. The van der Waals surface area contributed by atoms with Gasteiger partial charge in [0.25, 0.3) is 5.91 Å². The Morgan fingerprint density at radius 2 is 2.40 bits per heavy atom. The van der Waals surface area contributed by atoms with Gasteiger partial charge in [0.1, 0.15) is 0 Å². The molecule has 0 saturated heterocycles. The van der Waals surface area contributed by atoms with Crippen molar-refractivity contribution < 1.29 is 19.4 Å². The molecule has 0 aliphatic carbocycles. The molecule has 20 heavy (non-hydrogen) atoms. The molecule has 1 unspecified atom stereocenters. The van der Waals surface area contributed by atoms with E-state index in [9.17, 15) is 9.59 Å². The number of nitrogens with one attached hydrogen (secondary N) is 2. The number of methoxy groups -OCH3 is 1. The zero-order valence-electron chi connectivity index (χ0n) is 10.6. The fourth-order valence-corrected chi connectivity index (χ4v) is 2.26. The van der Waals surface area contributed by atoms with E-state index in [1.807, 2.05) is 17.5 Å². The van der Waals surface area contributed by atoms with Gasteiger partial charge in [0.15, 0.2) is 11.7 Å². The third-order valence-electron chi connectivity index (χ3n) is 2.53. The van der Waals surface area contributed by atoms with Gasteiger partial charge in [-0.05, 0) is 17.5 Å². The Kier molecular flexibility index (Phi) is 4.49. The summed E-state index contributed by atoms with van der Waals surface area (Å²) < 4.78 is 4.74. The topological polar surface area (TPSA) is 104 Å². The van der Waals surface area contributed by atoms with Crippen molar-refractivity contribution in [3.8, 4) is 10.6 Å². The van der Waals surface area contributed by atoms with Crippen molar-refractivity contribution in [2.75, 3.05) is 13.7 Å². The molecular weight excluding hydrogens is 282 g/mol. The smallest absolute Gasteiger partial charge is 0.328 e. The van der Waals surface area contributed by atoms with Crippen LogP contribution in [0.3, 0.4) is 0 Å². The molecule has 2 heterocycles. The van der Waals surface area contributed by atoms with Gasteiger partial charge in [-0.2, -0.15) is 5.10 Å². The summed E-state index contributed by atoms with van der Waals surface area (Å²) in [7, 11) is 1.37. The molecule has 0 fully saturated rings. The van der Waals surface area contributed by atoms with Crippen molar-refractivity contribution in [2.24, 2.45) is 0 Å². The van der Waals surface area contributed by atoms with Gasteiger partial charge in [-0.25, -0.2) is 4.79 Å². The SMILES string of the molecule is COCC(NC(=O)c1cc(-c2cccs2)[nH]n1)C(=O)O. The van der Waals surface area contributed by atoms with Gasteiger partial charge in [0.05, 0.1) is 17.2 Å². The van der Waals surface area contributed by atoms with Crippen LogP contribution in [0.2, 0.25) is 0 Å². The number of thiophene rings is 1. The second kappa shape index (κ2) is 6.31. The molecular formula is C12H13N3O4S. The number of carboxylic acids is 1. The lowest BCUT2D eigenvalue weighted by Gasteiger charge is -2.11. The van der Waals surface area contributed by atoms with E-state index in [0.29, 0.717) is 5.69 Å². The maximum atomic E-state index is 11.9. The van der Waals surface area contributed by atoms with Gasteiger partial charge in [-0.3, -0.25) is 9.89 Å². The van der Waals surface area contributed by atoms with Crippen LogP contribution in [-0.2, 0) is 9.53 Å². The highest BCUT2D eigenvalue weighted by atomic mass is 32.1. The predicted molar refractivity (Wildman–Crippen MR) is 72.7 cm³/mol. The van der Waals surface area contributed by atoms with Gasteiger partial charge >= 0.3 is 5.97 Å². The number of amides is 1. The summed E-state index contributed by atoms with van der Waals surface area (Å²) in [5.74, 6) is -1.72. The lowest BCUT2D eigenvalue weighted by Crippen LogP contribution is -2.43. The number of hydrogen-bond acceptors (Lipinski definition) is 5. The lowest BCUT2D eigenvalue weighted by molar-refractivity contribution is -0.140. The Bertz CT molecular complexity index is 594. The first kappa shape index (κ1) is 14.2. The summed E-state index contributed by atoms with van der Waals surface area (Å²) in [6, 6.07) is 4.26. The van der Waals surface area contributed by atoms with Crippen LogP contribution in [0, 0.1) is 0 Å². The first-order chi connectivity index (χ1) is 9.61. The molecule has 0 aromatic carbocycles. The normalized spacial score (nSPS) is 12.1. The van der Waals surface area contributed by atoms with Crippen molar-refractivity contribution in [2.45, 2.75) is 6.04 Å². The van der Waals surface area contributed by atoms with Gasteiger partial charge < -0.3 is 15.2 Å². The molecule has 3 N–H and O–H groups in total. The van der Waals surface area contributed by atoms with Gasteiger partial charge in [-0.1, -0.05) is 6.07 Å². The predicted octanol–water partition coefficient (Wildman–Crippen LogP) is 0.968. The number of nitrogens with zero attached hydrogens (tertiary/aromatic N) is 1. The van der Waals surface area contributed by atoms with E-state index in [1.165, 1.54) is 18.4 Å². The minimum atomic E-state index is -1.16. The van der Waals surface area contributed by atoms with Gasteiger partial charge in [0.2, 0.25) is 0 Å². The molecule has 0 bridgehead atoms. The van der Waals surface area contributed by atoms with Crippen LogP contribution in [0.5, 0.6) is 0 Å². The fraction of sp³-hybridized carbons (Fsp3) is 0.250.